The van der Waals surface area contributed by atoms with Crippen LogP contribution in [0.25, 0.3) is 0 Å². The summed E-state index contributed by atoms with van der Waals surface area (Å²) in [5, 5.41) is 0. The van der Waals surface area contributed by atoms with Crippen molar-refractivity contribution in [1.29, 1.82) is 0 Å². The first-order valence-electron chi connectivity index (χ1n) is 1.46. The lowest BCUT2D eigenvalue weighted by Crippen LogP contribution is -2.33. The van der Waals surface area contributed by atoms with Crippen molar-refractivity contribution in [2.24, 2.45) is 0 Å². The number of rotatable bonds is 0. The highest BCUT2D eigenvalue weighted by Gasteiger charge is 1.86. The van der Waals surface area contributed by atoms with Crippen molar-refractivity contribution in [3.63, 3.8) is 0 Å². The standard InChI is InChI=1S/CH6N4/c1-2-4-5-3-1/h2-5H,1H2. The van der Waals surface area contributed by atoms with Gasteiger partial charge in [-0.15, -0.1) is 0 Å². The predicted molar refractivity (Wildman–Crippen MR) is 17.4 cm³/mol. The lowest BCUT2D eigenvalue weighted by atomic mass is 11.2. The lowest BCUT2D eigenvalue weighted by molar-refractivity contribution is 0.556. The predicted octanol–water partition coefficient (Wildman–Crippen LogP) is -1.94. The zero-order valence-corrected chi connectivity index (χ0v) is 2.71. The summed E-state index contributed by atoms with van der Waals surface area (Å²) in [6.45, 7) is 0.778. The molecule has 0 amide bonds. The van der Waals surface area contributed by atoms with E-state index < -0.39 is 0 Å². The van der Waals surface area contributed by atoms with Crippen molar-refractivity contribution in [1.82, 2.24) is 21.9 Å². The van der Waals surface area contributed by atoms with Crippen LogP contribution in [0.3, 0.4) is 0 Å². The maximum absolute atomic E-state index is 2.75. The molecule has 4 heteroatoms. The van der Waals surface area contributed by atoms with Gasteiger partial charge in [-0.2, -0.15) is 11.1 Å². The molecule has 1 aliphatic rings. The van der Waals surface area contributed by atoms with Gasteiger partial charge in [0.25, 0.3) is 0 Å². The fourth-order valence-corrected chi connectivity index (χ4v) is 0.221. The molecule has 30 valence electrons. The average Bonchev–Trinajstić information content (AvgIpc) is 1.76. The molecular weight excluding hydrogens is 68.0 g/mol. The van der Waals surface area contributed by atoms with Crippen molar-refractivity contribution < 1.29 is 0 Å². The van der Waals surface area contributed by atoms with E-state index in [0.717, 1.165) is 6.67 Å². The molecule has 0 bridgehead atoms. The molecule has 1 fully saturated rings. The monoisotopic (exact) mass is 74.1 g/mol. The minimum atomic E-state index is 0.778. The van der Waals surface area contributed by atoms with E-state index >= 15 is 0 Å². The smallest absolute Gasteiger partial charge is 0.0748 e. The highest BCUT2D eigenvalue weighted by molar-refractivity contribution is 4.32. The van der Waals surface area contributed by atoms with Crippen LogP contribution < -0.4 is 21.9 Å². The molecule has 0 atom stereocenters. The maximum Gasteiger partial charge on any atom is 0.0748 e. The summed E-state index contributed by atoms with van der Waals surface area (Å²) in [5.74, 6) is 0. The minimum absolute atomic E-state index is 0.778. The van der Waals surface area contributed by atoms with E-state index in [1.807, 2.05) is 0 Å². The van der Waals surface area contributed by atoms with Crippen molar-refractivity contribution >= 4 is 0 Å². The summed E-state index contributed by atoms with van der Waals surface area (Å²) in [5.41, 5.74) is 10.7. The van der Waals surface area contributed by atoms with Crippen LogP contribution in [0.1, 0.15) is 0 Å². The molecule has 0 aromatic rings. The molecule has 0 radical (unpaired) electrons. The van der Waals surface area contributed by atoms with Crippen molar-refractivity contribution in [2.45, 2.75) is 0 Å². The highest BCUT2D eigenvalue weighted by Crippen LogP contribution is 1.42. The van der Waals surface area contributed by atoms with Gasteiger partial charge < -0.3 is 0 Å². The van der Waals surface area contributed by atoms with Crippen molar-refractivity contribution in [2.75, 3.05) is 6.67 Å². The Balaban J connectivity index is 2.08. The largest absolute Gasteiger partial charge is 0.228 e. The van der Waals surface area contributed by atoms with E-state index in [1.54, 1.807) is 0 Å². The van der Waals surface area contributed by atoms with Crippen LogP contribution in [0, 0.1) is 0 Å². The van der Waals surface area contributed by atoms with E-state index in [1.165, 1.54) is 0 Å². The SMILES string of the molecule is C1NNNN1. The zero-order chi connectivity index (χ0) is 3.54. The highest BCUT2D eigenvalue weighted by atomic mass is 15.8. The van der Waals surface area contributed by atoms with Gasteiger partial charge in [-0.3, -0.25) is 0 Å². The summed E-state index contributed by atoms with van der Waals surface area (Å²) < 4.78 is 0. The zero-order valence-electron chi connectivity index (χ0n) is 2.71. The van der Waals surface area contributed by atoms with Gasteiger partial charge in [0.1, 0.15) is 0 Å². The first kappa shape index (κ1) is 3.05. The first-order valence-corrected chi connectivity index (χ1v) is 1.46. The Labute approximate surface area is 29.8 Å². The molecular formula is CH6N4. The summed E-state index contributed by atoms with van der Waals surface area (Å²) in [6, 6.07) is 0. The van der Waals surface area contributed by atoms with E-state index in [0.29, 0.717) is 0 Å². The van der Waals surface area contributed by atoms with Gasteiger partial charge in [0.05, 0.1) is 6.67 Å². The molecule has 0 aliphatic carbocycles. The van der Waals surface area contributed by atoms with Gasteiger partial charge in [0.15, 0.2) is 0 Å². The Morgan fingerprint density at radius 1 is 1.00 bits per heavy atom. The van der Waals surface area contributed by atoms with Crippen LogP contribution in [-0.4, -0.2) is 6.67 Å². The Hall–Kier alpha value is -0.160. The fraction of sp³-hybridized carbons (Fsp3) is 1.00. The quantitative estimate of drug-likeness (QED) is 0.270. The molecule has 4 nitrogen and oxygen atoms in total. The molecule has 4 N–H and O–H groups in total. The number of hydrogen-bond acceptors (Lipinski definition) is 4. The first-order chi connectivity index (χ1) is 2.50. The molecule has 1 rings (SSSR count). The van der Waals surface area contributed by atoms with Crippen LogP contribution in [-0.2, 0) is 0 Å². The van der Waals surface area contributed by atoms with E-state index in [2.05, 4.69) is 21.9 Å². The molecule has 0 aromatic heterocycles. The lowest BCUT2D eigenvalue weighted by Gasteiger charge is -1.81. The number of nitrogens with one attached hydrogen (secondary N) is 4. The molecule has 0 saturated carbocycles. The third-order valence-corrected chi connectivity index (χ3v) is 0.416. The Morgan fingerprint density at radius 2 is 1.60 bits per heavy atom. The second-order valence-corrected chi connectivity index (χ2v) is 0.780. The summed E-state index contributed by atoms with van der Waals surface area (Å²) >= 11 is 0. The van der Waals surface area contributed by atoms with E-state index in [-0.39, 0.29) is 0 Å². The third kappa shape index (κ3) is 0.555. The topological polar surface area (TPSA) is 48.1 Å². The van der Waals surface area contributed by atoms with E-state index in [9.17, 15) is 0 Å². The molecule has 0 spiro atoms. The Morgan fingerprint density at radius 3 is 1.80 bits per heavy atom. The van der Waals surface area contributed by atoms with Gasteiger partial charge >= 0.3 is 0 Å². The number of hydrazine groups is 3. The maximum atomic E-state index is 2.75. The second kappa shape index (κ2) is 1.32. The van der Waals surface area contributed by atoms with Crippen LogP contribution >= 0.6 is 0 Å². The third-order valence-electron chi connectivity index (χ3n) is 0.416. The van der Waals surface area contributed by atoms with Crippen LogP contribution in [0.5, 0.6) is 0 Å². The molecule has 5 heavy (non-hydrogen) atoms. The minimum Gasteiger partial charge on any atom is -0.228 e. The summed E-state index contributed by atoms with van der Waals surface area (Å²) in [6.07, 6.45) is 0. The van der Waals surface area contributed by atoms with Gasteiger partial charge in [-0.25, -0.2) is 10.9 Å². The normalized spacial score (nSPS) is 24.0. The molecule has 1 aliphatic heterocycles. The van der Waals surface area contributed by atoms with Crippen LogP contribution in [0.4, 0.5) is 0 Å². The van der Waals surface area contributed by atoms with Gasteiger partial charge in [0.2, 0.25) is 0 Å². The molecule has 0 unspecified atom stereocenters. The van der Waals surface area contributed by atoms with Crippen LogP contribution in [0.2, 0.25) is 0 Å². The van der Waals surface area contributed by atoms with E-state index in [4.69, 9.17) is 0 Å². The van der Waals surface area contributed by atoms with Crippen LogP contribution in [0.15, 0.2) is 0 Å². The van der Waals surface area contributed by atoms with Crippen molar-refractivity contribution in [3.8, 4) is 0 Å². The fourth-order valence-electron chi connectivity index (χ4n) is 0.221. The average molecular weight is 74.1 g/mol. The summed E-state index contributed by atoms with van der Waals surface area (Å²) in [4.78, 5) is 0. The Kier molecular flexibility index (Phi) is 0.806. The van der Waals surface area contributed by atoms with Gasteiger partial charge in [-0.05, 0) is 0 Å². The Bertz CT molecular complexity index is 15.2. The second-order valence-electron chi connectivity index (χ2n) is 0.780. The number of hydrogen-bond donors (Lipinski definition) is 4. The summed E-state index contributed by atoms with van der Waals surface area (Å²) in [7, 11) is 0. The van der Waals surface area contributed by atoms with Gasteiger partial charge in [0, 0.05) is 0 Å². The molecule has 1 heterocycles. The van der Waals surface area contributed by atoms with Crippen molar-refractivity contribution in [3.05, 3.63) is 0 Å². The van der Waals surface area contributed by atoms with Gasteiger partial charge in [-0.1, -0.05) is 0 Å². The molecule has 0 aromatic carbocycles. The molecule has 1 saturated heterocycles.